The van der Waals surface area contributed by atoms with Gasteiger partial charge in [-0.3, -0.25) is 9.48 Å². The third kappa shape index (κ3) is 1.62. The van der Waals surface area contributed by atoms with Gasteiger partial charge < -0.3 is 15.8 Å². The molecule has 82 valence electrons. The molecule has 2 rings (SSSR count). The minimum atomic E-state index is 0.0130. The van der Waals surface area contributed by atoms with E-state index in [-0.39, 0.29) is 17.9 Å². The van der Waals surface area contributed by atoms with Crippen molar-refractivity contribution in [1.29, 1.82) is 0 Å². The van der Waals surface area contributed by atoms with Gasteiger partial charge in [0.2, 0.25) is 5.91 Å². The topological polar surface area (TPSA) is 82.2 Å². The third-order valence-electron chi connectivity index (χ3n) is 2.60. The van der Waals surface area contributed by atoms with Crippen LogP contribution in [-0.2, 0) is 4.79 Å². The van der Waals surface area contributed by atoms with Gasteiger partial charge >= 0.3 is 0 Å². The molecule has 0 bridgehead atoms. The summed E-state index contributed by atoms with van der Waals surface area (Å²) in [7, 11) is 3.15. The number of anilines is 1. The van der Waals surface area contributed by atoms with Gasteiger partial charge in [0, 0.05) is 7.05 Å². The van der Waals surface area contributed by atoms with Gasteiger partial charge in [-0.1, -0.05) is 0 Å². The number of carbonyl (C=O) groups is 1. The second-order valence-electron chi connectivity index (χ2n) is 3.60. The molecule has 0 spiro atoms. The molecule has 0 saturated heterocycles. The van der Waals surface area contributed by atoms with E-state index in [1.807, 2.05) is 0 Å². The average Bonchev–Trinajstić information content (AvgIpc) is 2.95. The van der Waals surface area contributed by atoms with E-state index in [4.69, 9.17) is 10.5 Å². The second kappa shape index (κ2) is 3.45. The van der Waals surface area contributed by atoms with Gasteiger partial charge in [0.25, 0.3) is 5.88 Å². The number of carbonyl (C=O) groups excluding carboxylic acids is 1. The molecule has 1 aromatic rings. The minimum absolute atomic E-state index is 0.0130. The monoisotopic (exact) mass is 210 g/mol. The third-order valence-corrected chi connectivity index (χ3v) is 2.60. The van der Waals surface area contributed by atoms with Gasteiger partial charge in [-0.15, -0.1) is 5.10 Å². The van der Waals surface area contributed by atoms with Crippen molar-refractivity contribution in [2.24, 2.45) is 5.92 Å². The molecule has 1 heterocycles. The van der Waals surface area contributed by atoms with Crippen LogP contribution in [0.2, 0.25) is 0 Å². The van der Waals surface area contributed by atoms with Crippen molar-refractivity contribution in [2.75, 3.05) is 19.9 Å². The molecule has 0 unspecified atom stereocenters. The van der Waals surface area contributed by atoms with Crippen molar-refractivity contribution in [2.45, 2.75) is 12.5 Å². The van der Waals surface area contributed by atoms with Gasteiger partial charge in [-0.05, 0) is 6.42 Å². The summed E-state index contributed by atoms with van der Waals surface area (Å²) in [5.74, 6) is 0.476. The van der Waals surface area contributed by atoms with Crippen LogP contribution in [0, 0.1) is 5.92 Å². The lowest BCUT2D eigenvalue weighted by atomic mass is 10.4. The summed E-state index contributed by atoms with van der Waals surface area (Å²) in [5.41, 5.74) is 6.16. The first-order chi connectivity index (χ1) is 7.17. The first kappa shape index (κ1) is 9.82. The van der Waals surface area contributed by atoms with Gasteiger partial charge in [0.15, 0.2) is 0 Å². The van der Waals surface area contributed by atoms with Crippen LogP contribution in [0.1, 0.15) is 12.5 Å². The lowest BCUT2D eigenvalue weighted by Crippen LogP contribution is -2.21. The molecule has 0 radical (unpaired) electrons. The van der Waals surface area contributed by atoms with E-state index >= 15 is 0 Å². The lowest BCUT2D eigenvalue weighted by Gasteiger charge is -1.99. The number of methoxy groups -OCH3 is 1. The quantitative estimate of drug-likeness (QED) is 0.722. The number of hydrogen-bond donors (Lipinski definition) is 2. The Morgan fingerprint density at radius 1 is 1.80 bits per heavy atom. The zero-order valence-corrected chi connectivity index (χ0v) is 8.73. The van der Waals surface area contributed by atoms with Crippen LogP contribution in [0.15, 0.2) is 6.20 Å². The van der Waals surface area contributed by atoms with Crippen molar-refractivity contribution in [3.05, 3.63) is 6.20 Å². The van der Waals surface area contributed by atoms with Crippen molar-refractivity contribution in [3.8, 4) is 5.88 Å². The van der Waals surface area contributed by atoms with Crippen molar-refractivity contribution < 1.29 is 9.53 Å². The lowest BCUT2D eigenvalue weighted by molar-refractivity contribution is -0.122. The van der Waals surface area contributed by atoms with E-state index < -0.39 is 0 Å². The summed E-state index contributed by atoms with van der Waals surface area (Å²) in [6, 6.07) is 0.121. The number of nitrogens with two attached hydrogens (primary N) is 1. The molecule has 6 heteroatoms. The normalized spacial score (nSPS) is 23.6. The van der Waals surface area contributed by atoms with Crippen LogP contribution in [0.3, 0.4) is 0 Å². The second-order valence-corrected chi connectivity index (χ2v) is 3.60. The Hall–Kier alpha value is -1.72. The van der Waals surface area contributed by atoms with E-state index in [1.165, 1.54) is 7.11 Å². The summed E-state index contributed by atoms with van der Waals surface area (Å²) in [4.78, 5) is 11.3. The van der Waals surface area contributed by atoms with Crippen molar-refractivity contribution >= 4 is 11.6 Å². The highest BCUT2D eigenvalue weighted by Crippen LogP contribution is 2.43. The van der Waals surface area contributed by atoms with Crippen LogP contribution in [0.25, 0.3) is 0 Å². The summed E-state index contributed by atoms with van der Waals surface area (Å²) < 4.78 is 6.67. The summed E-state index contributed by atoms with van der Waals surface area (Å²) in [6.45, 7) is 0. The standard InChI is InChI=1S/C9H14N4O2/c1-11-8(14)5-3-7(5)13-4-6(10)9(12-13)15-2/h4-5,7H,3,10H2,1-2H3,(H,11,14)/t5-,7-/m1/s1. The molecular weight excluding hydrogens is 196 g/mol. The average molecular weight is 210 g/mol. The zero-order valence-electron chi connectivity index (χ0n) is 8.73. The number of ether oxygens (including phenoxy) is 1. The summed E-state index contributed by atoms with van der Waals surface area (Å²) in [5, 5.41) is 6.77. The predicted octanol–water partition coefficient (Wildman–Crippen LogP) is -0.219. The zero-order chi connectivity index (χ0) is 11.0. The number of hydrogen-bond acceptors (Lipinski definition) is 4. The molecular formula is C9H14N4O2. The van der Waals surface area contributed by atoms with Crippen molar-refractivity contribution in [1.82, 2.24) is 15.1 Å². The van der Waals surface area contributed by atoms with Crippen LogP contribution in [0.5, 0.6) is 5.88 Å². The van der Waals surface area contributed by atoms with Crippen LogP contribution in [-0.4, -0.2) is 29.8 Å². The molecule has 1 aromatic heterocycles. The molecule has 1 aliphatic rings. The highest BCUT2D eigenvalue weighted by Gasteiger charge is 2.45. The Balaban J connectivity index is 2.10. The predicted molar refractivity (Wildman–Crippen MR) is 54.4 cm³/mol. The van der Waals surface area contributed by atoms with E-state index in [0.29, 0.717) is 11.6 Å². The van der Waals surface area contributed by atoms with Crippen molar-refractivity contribution in [3.63, 3.8) is 0 Å². The molecule has 15 heavy (non-hydrogen) atoms. The maximum Gasteiger partial charge on any atom is 0.256 e. The van der Waals surface area contributed by atoms with Gasteiger partial charge in [0.1, 0.15) is 5.69 Å². The fourth-order valence-corrected chi connectivity index (χ4v) is 1.66. The molecule has 6 nitrogen and oxygen atoms in total. The Morgan fingerprint density at radius 2 is 2.53 bits per heavy atom. The van der Waals surface area contributed by atoms with E-state index in [1.54, 1.807) is 17.9 Å². The largest absolute Gasteiger partial charge is 0.478 e. The van der Waals surface area contributed by atoms with Gasteiger partial charge in [-0.2, -0.15) is 0 Å². The Labute approximate surface area is 87.4 Å². The van der Waals surface area contributed by atoms with Gasteiger partial charge in [-0.25, -0.2) is 0 Å². The number of nitrogen functional groups attached to an aromatic ring is 1. The number of amides is 1. The number of rotatable bonds is 3. The number of aromatic nitrogens is 2. The molecule has 2 atom stereocenters. The van der Waals surface area contributed by atoms with Crippen LogP contribution in [0.4, 0.5) is 5.69 Å². The Kier molecular flexibility index (Phi) is 2.26. The maximum absolute atomic E-state index is 11.3. The van der Waals surface area contributed by atoms with Crippen LogP contribution < -0.4 is 15.8 Å². The highest BCUT2D eigenvalue weighted by atomic mass is 16.5. The van der Waals surface area contributed by atoms with Gasteiger partial charge in [0.05, 0.1) is 25.3 Å². The first-order valence-electron chi connectivity index (χ1n) is 4.77. The molecule has 1 aliphatic carbocycles. The maximum atomic E-state index is 11.3. The molecule has 1 saturated carbocycles. The van der Waals surface area contributed by atoms with Crippen LogP contribution >= 0.6 is 0 Å². The summed E-state index contributed by atoms with van der Waals surface area (Å²) >= 11 is 0. The minimum Gasteiger partial charge on any atom is -0.478 e. The van der Waals surface area contributed by atoms with E-state index in [0.717, 1.165) is 6.42 Å². The highest BCUT2D eigenvalue weighted by molar-refractivity contribution is 5.81. The molecule has 1 amide bonds. The summed E-state index contributed by atoms with van der Waals surface area (Å²) in [6.07, 6.45) is 2.51. The number of nitrogens with one attached hydrogen (secondary N) is 1. The van der Waals surface area contributed by atoms with E-state index in [2.05, 4.69) is 10.4 Å². The molecule has 1 fully saturated rings. The Morgan fingerprint density at radius 3 is 3.07 bits per heavy atom. The van der Waals surface area contributed by atoms with E-state index in [9.17, 15) is 4.79 Å². The fraction of sp³-hybridized carbons (Fsp3) is 0.556. The number of nitrogens with zero attached hydrogens (tertiary/aromatic N) is 2. The smallest absolute Gasteiger partial charge is 0.256 e. The Bertz CT molecular complexity index is 387. The molecule has 0 aliphatic heterocycles. The fourth-order valence-electron chi connectivity index (χ4n) is 1.66. The molecule has 0 aromatic carbocycles. The SMILES string of the molecule is CNC(=O)[C@@H]1C[C@H]1n1cc(N)c(OC)n1. The first-order valence-corrected chi connectivity index (χ1v) is 4.77. The molecule has 3 N–H and O–H groups in total.